The van der Waals surface area contributed by atoms with Gasteiger partial charge >= 0.3 is 5.97 Å². The van der Waals surface area contributed by atoms with E-state index in [-0.39, 0.29) is 18.4 Å². The molecule has 0 saturated carbocycles. The van der Waals surface area contributed by atoms with E-state index in [9.17, 15) is 14.4 Å². The largest absolute Gasteiger partial charge is 0.452 e. The van der Waals surface area contributed by atoms with Gasteiger partial charge in [0.25, 0.3) is 5.91 Å². The Morgan fingerprint density at radius 2 is 1.77 bits per heavy atom. The number of thiophene rings is 1. The molecule has 0 aliphatic heterocycles. The van der Waals surface area contributed by atoms with Crippen LogP contribution in [0.25, 0.3) is 0 Å². The van der Waals surface area contributed by atoms with Crippen LogP contribution in [0.15, 0.2) is 0 Å². The van der Waals surface area contributed by atoms with Crippen molar-refractivity contribution < 1.29 is 19.1 Å². The van der Waals surface area contributed by atoms with Crippen LogP contribution in [0.5, 0.6) is 0 Å². The highest BCUT2D eigenvalue weighted by molar-refractivity contribution is 7.17. The molecule has 2 amide bonds. The number of carbonyl (C=O) groups excluding carboxylic acids is 3. The first-order chi connectivity index (χ1) is 12.5. The minimum atomic E-state index is -0.519. The molecule has 1 heterocycles. The third kappa shape index (κ3) is 5.06. The summed E-state index contributed by atoms with van der Waals surface area (Å²) < 4.78 is 5.34. The van der Waals surface area contributed by atoms with E-state index < -0.39 is 5.97 Å². The maximum atomic E-state index is 12.7. The van der Waals surface area contributed by atoms with Crippen LogP contribution in [0.2, 0.25) is 0 Å². The van der Waals surface area contributed by atoms with E-state index in [4.69, 9.17) is 4.74 Å². The molecule has 26 heavy (non-hydrogen) atoms. The van der Waals surface area contributed by atoms with Crippen LogP contribution in [0.3, 0.4) is 0 Å². The molecule has 0 atom stereocenters. The highest BCUT2D eigenvalue weighted by Crippen LogP contribution is 2.38. The van der Waals surface area contributed by atoms with Crippen LogP contribution in [0, 0.1) is 0 Å². The minimum absolute atomic E-state index is 0.174. The molecule has 0 unspecified atom stereocenters. The summed E-state index contributed by atoms with van der Waals surface area (Å²) in [5.74, 6) is -0.910. The summed E-state index contributed by atoms with van der Waals surface area (Å²) in [7, 11) is 0. The number of aryl methyl sites for hydroxylation is 1. The van der Waals surface area contributed by atoms with Gasteiger partial charge in [-0.1, -0.05) is 13.8 Å². The summed E-state index contributed by atoms with van der Waals surface area (Å²) in [6.45, 7) is 6.51. The van der Waals surface area contributed by atoms with E-state index in [0.29, 0.717) is 23.7 Å². The maximum Gasteiger partial charge on any atom is 0.341 e. The van der Waals surface area contributed by atoms with Crippen molar-refractivity contribution in [1.29, 1.82) is 0 Å². The number of hydrogen-bond acceptors (Lipinski definition) is 5. The Balaban J connectivity index is 2.12. The number of hydrogen-bond donors (Lipinski definition) is 1. The van der Waals surface area contributed by atoms with Gasteiger partial charge < -0.3 is 15.0 Å². The van der Waals surface area contributed by atoms with Crippen molar-refractivity contribution in [2.45, 2.75) is 59.3 Å². The molecule has 6 nitrogen and oxygen atoms in total. The van der Waals surface area contributed by atoms with E-state index in [0.717, 1.165) is 49.0 Å². The number of ether oxygens (including phenoxy) is 1. The number of anilines is 1. The molecule has 1 N–H and O–H groups in total. The van der Waals surface area contributed by atoms with Crippen molar-refractivity contribution >= 4 is 34.1 Å². The molecule has 0 bridgehead atoms. The third-order valence-corrected chi connectivity index (χ3v) is 5.54. The molecule has 7 heteroatoms. The van der Waals surface area contributed by atoms with E-state index in [1.807, 2.05) is 13.8 Å². The van der Waals surface area contributed by atoms with Crippen LogP contribution < -0.4 is 5.32 Å². The number of esters is 1. The summed E-state index contributed by atoms with van der Waals surface area (Å²) in [5.41, 5.74) is 1.41. The van der Waals surface area contributed by atoms with Crippen LogP contribution in [0.4, 0.5) is 5.00 Å². The summed E-state index contributed by atoms with van der Waals surface area (Å²) in [5, 5.41) is 3.29. The third-order valence-electron chi connectivity index (χ3n) is 4.33. The Morgan fingerprint density at radius 3 is 2.38 bits per heavy atom. The van der Waals surface area contributed by atoms with Crippen LogP contribution >= 0.6 is 11.3 Å². The summed E-state index contributed by atoms with van der Waals surface area (Å²) in [6, 6.07) is 0. The summed E-state index contributed by atoms with van der Waals surface area (Å²) in [6.07, 6.45) is 5.56. The number of nitrogens with zero attached hydrogens (tertiary/aromatic N) is 1. The highest BCUT2D eigenvalue weighted by Gasteiger charge is 2.27. The number of fused-ring (bicyclic) bond motifs is 1. The SMILES string of the molecule is CCCN(CCC)C(=O)COC(=O)c1c(NC(C)=O)sc2c1CCCC2. The Labute approximate surface area is 158 Å². The molecule has 0 fully saturated rings. The molecule has 0 aromatic carbocycles. The normalized spacial score (nSPS) is 13.0. The number of amides is 2. The van der Waals surface area contributed by atoms with E-state index >= 15 is 0 Å². The predicted molar refractivity (Wildman–Crippen MR) is 103 cm³/mol. The standard InChI is InChI=1S/C19H28N2O4S/c1-4-10-21(11-5-2)16(23)12-25-19(24)17-14-8-6-7-9-15(14)26-18(17)20-13(3)22/h4-12H2,1-3H3,(H,20,22). The monoisotopic (exact) mass is 380 g/mol. The van der Waals surface area contributed by atoms with Crippen molar-refractivity contribution in [2.75, 3.05) is 25.0 Å². The Bertz CT molecular complexity index is 663. The van der Waals surface area contributed by atoms with Gasteiger partial charge in [-0.15, -0.1) is 11.3 Å². The summed E-state index contributed by atoms with van der Waals surface area (Å²) in [4.78, 5) is 39.4. The van der Waals surface area contributed by atoms with Gasteiger partial charge in [0.1, 0.15) is 5.00 Å². The lowest BCUT2D eigenvalue weighted by Gasteiger charge is -2.21. The molecule has 2 rings (SSSR count). The van der Waals surface area contributed by atoms with E-state index in [2.05, 4.69) is 5.32 Å². The molecular formula is C19H28N2O4S. The smallest absolute Gasteiger partial charge is 0.341 e. The van der Waals surface area contributed by atoms with Crippen molar-refractivity contribution in [3.8, 4) is 0 Å². The fourth-order valence-corrected chi connectivity index (χ4v) is 4.55. The van der Waals surface area contributed by atoms with Crippen molar-refractivity contribution in [3.63, 3.8) is 0 Å². The molecule has 144 valence electrons. The fraction of sp³-hybridized carbons (Fsp3) is 0.632. The first kappa shape index (κ1) is 20.4. The molecule has 0 saturated heterocycles. The second kappa shape index (κ2) is 9.71. The zero-order valence-electron chi connectivity index (χ0n) is 15.9. The van der Waals surface area contributed by atoms with Crippen molar-refractivity contribution in [3.05, 3.63) is 16.0 Å². The van der Waals surface area contributed by atoms with Crippen LogP contribution in [0.1, 0.15) is 67.3 Å². The van der Waals surface area contributed by atoms with Gasteiger partial charge in [0.15, 0.2) is 6.61 Å². The van der Waals surface area contributed by atoms with E-state index in [1.165, 1.54) is 18.3 Å². The first-order valence-electron chi connectivity index (χ1n) is 9.34. The lowest BCUT2D eigenvalue weighted by molar-refractivity contribution is -0.134. The topological polar surface area (TPSA) is 75.7 Å². The van der Waals surface area contributed by atoms with Gasteiger partial charge in [-0.3, -0.25) is 9.59 Å². The maximum absolute atomic E-state index is 12.7. The highest BCUT2D eigenvalue weighted by atomic mass is 32.1. The first-order valence-corrected chi connectivity index (χ1v) is 10.2. The number of carbonyl (C=O) groups is 3. The van der Waals surface area contributed by atoms with Gasteiger partial charge in [-0.05, 0) is 44.1 Å². The average Bonchev–Trinajstić information content (AvgIpc) is 2.96. The van der Waals surface area contributed by atoms with Gasteiger partial charge in [0, 0.05) is 24.9 Å². The Kier molecular flexibility index (Phi) is 7.63. The molecule has 0 radical (unpaired) electrons. The molecule has 0 spiro atoms. The van der Waals surface area contributed by atoms with Gasteiger partial charge in [0.05, 0.1) is 5.56 Å². The van der Waals surface area contributed by atoms with Crippen molar-refractivity contribution in [2.24, 2.45) is 0 Å². The number of nitrogens with one attached hydrogen (secondary N) is 1. The second-order valence-corrected chi connectivity index (χ2v) is 7.66. The minimum Gasteiger partial charge on any atom is -0.452 e. The molecule has 1 aromatic heterocycles. The molecular weight excluding hydrogens is 352 g/mol. The predicted octanol–water partition coefficient (Wildman–Crippen LogP) is 3.39. The second-order valence-electron chi connectivity index (χ2n) is 6.55. The fourth-order valence-electron chi connectivity index (χ4n) is 3.22. The van der Waals surface area contributed by atoms with Gasteiger partial charge in [-0.25, -0.2) is 4.79 Å². The van der Waals surface area contributed by atoms with Crippen molar-refractivity contribution in [1.82, 2.24) is 4.90 Å². The Morgan fingerprint density at radius 1 is 1.12 bits per heavy atom. The zero-order valence-corrected chi connectivity index (χ0v) is 16.7. The number of rotatable bonds is 8. The quantitative estimate of drug-likeness (QED) is 0.702. The Hall–Kier alpha value is -1.89. The van der Waals surface area contributed by atoms with Gasteiger partial charge in [0.2, 0.25) is 5.91 Å². The molecule has 1 aliphatic carbocycles. The van der Waals surface area contributed by atoms with Crippen LogP contribution in [-0.2, 0) is 27.2 Å². The molecule has 1 aliphatic rings. The lowest BCUT2D eigenvalue weighted by atomic mass is 9.95. The summed E-state index contributed by atoms with van der Waals surface area (Å²) >= 11 is 1.45. The van der Waals surface area contributed by atoms with Crippen LogP contribution in [-0.4, -0.2) is 42.4 Å². The average molecular weight is 381 g/mol. The van der Waals surface area contributed by atoms with E-state index in [1.54, 1.807) is 4.90 Å². The van der Waals surface area contributed by atoms with Gasteiger partial charge in [-0.2, -0.15) is 0 Å². The molecule has 1 aromatic rings. The zero-order chi connectivity index (χ0) is 19.1. The lowest BCUT2D eigenvalue weighted by Crippen LogP contribution is -2.36.